The average Bonchev–Trinajstić information content (AvgIpc) is 2.87. The monoisotopic (exact) mass is 318 g/mol. The molecule has 3 aromatic rings. The molecule has 6 heteroatoms. The molecule has 0 unspecified atom stereocenters. The Labute approximate surface area is 133 Å². The van der Waals surface area contributed by atoms with Crippen molar-refractivity contribution < 1.29 is 0 Å². The van der Waals surface area contributed by atoms with Crippen LogP contribution >= 0.6 is 11.6 Å². The number of aromatic nitrogens is 3. The Morgan fingerprint density at radius 3 is 2.86 bits per heavy atom. The highest BCUT2D eigenvalue weighted by molar-refractivity contribution is 6.31. The number of unbranched alkanes of at least 4 members (excludes halogenated alkanes) is 1. The van der Waals surface area contributed by atoms with Gasteiger partial charge in [0.25, 0.3) is 5.56 Å². The third kappa shape index (κ3) is 2.30. The highest BCUT2D eigenvalue weighted by atomic mass is 35.5. The number of hydrogen-bond donors (Lipinski definition) is 2. The number of hydrogen-bond acceptors (Lipinski definition) is 3. The average molecular weight is 319 g/mol. The molecule has 3 N–H and O–H groups in total. The van der Waals surface area contributed by atoms with Gasteiger partial charge >= 0.3 is 0 Å². The van der Waals surface area contributed by atoms with Crippen LogP contribution in [-0.4, -0.2) is 21.3 Å². The second kappa shape index (κ2) is 5.74. The molecule has 0 aliphatic carbocycles. The summed E-state index contributed by atoms with van der Waals surface area (Å²) in [5.41, 5.74) is 8.99. The first-order chi connectivity index (χ1) is 10.5. The zero-order valence-electron chi connectivity index (χ0n) is 12.7. The van der Waals surface area contributed by atoms with Gasteiger partial charge in [0.2, 0.25) is 0 Å². The number of halogens is 1. The summed E-state index contributed by atoms with van der Waals surface area (Å²) in [6, 6.07) is 3.82. The first kappa shape index (κ1) is 15.1. The molecule has 0 amide bonds. The standard InChI is InChI=1S/C16H19ClN4O/c1-9-13-14(20-19-9)12-8-11(17)7-10(5-3-4-6-18)15(12)21(2)16(13)22/h7-8H,3-6,18H2,1-2H3,(H,19,20). The van der Waals surface area contributed by atoms with Gasteiger partial charge in [-0.05, 0) is 50.4 Å². The van der Waals surface area contributed by atoms with Crippen molar-refractivity contribution in [1.82, 2.24) is 14.8 Å². The van der Waals surface area contributed by atoms with Crippen molar-refractivity contribution >= 4 is 33.4 Å². The van der Waals surface area contributed by atoms with Crippen molar-refractivity contribution in [3.05, 3.63) is 38.8 Å². The molecule has 0 atom stereocenters. The number of nitrogens with zero attached hydrogens (tertiary/aromatic N) is 2. The number of aromatic amines is 1. The van der Waals surface area contributed by atoms with E-state index < -0.39 is 0 Å². The number of benzene rings is 1. The molecular formula is C16H19ClN4O. The van der Waals surface area contributed by atoms with E-state index in [9.17, 15) is 4.79 Å². The van der Waals surface area contributed by atoms with Crippen molar-refractivity contribution in [2.45, 2.75) is 26.2 Å². The molecular weight excluding hydrogens is 300 g/mol. The molecule has 3 rings (SSSR count). The van der Waals surface area contributed by atoms with E-state index in [1.54, 1.807) is 11.6 Å². The maximum Gasteiger partial charge on any atom is 0.262 e. The quantitative estimate of drug-likeness (QED) is 0.726. The van der Waals surface area contributed by atoms with Gasteiger partial charge in [-0.3, -0.25) is 9.89 Å². The molecule has 2 aromatic heterocycles. The second-order valence-electron chi connectivity index (χ2n) is 5.64. The third-order valence-corrected chi connectivity index (χ3v) is 4.33. The van der Waals surface area contributed by atoms with Crippen molar-refractivity contribution in [3.63, 3.8) is 0 Å². The number of rotatable bonds is 4. The maximum atomic E-state index is 12.6. The van der Waals surface area contributed by atoms with Crippen LogP contribution in [-0.2, 0) is 13.5 Å². The Morgan fingerprint density at radius 2 is 2.14 bits per heavy atom. The molecule has 0 aliphatic rings. The molecule has 0 bridgehead atoms. The zero-order chi connectivity index (χ0) is 15.9. The summed E-state index contributed by atoms with van der Waals surface area (Å²) in [5, 5.41) is 9.42. The van der Waals surface area contributed by atoms with Gasteiger partial charge in [0.05, 0.1) is 10.9 Å². The number of H-pyrrole nitrogens is 1. The normalized spacial score (nSPS) is 11.6. The largest absolute Gasteiger partial charge is 0.330 e. The van der Waals surface area contributed by atoms with E-state index in [1.165, 1.54) is 0 Å². The van der Waals surface area contributed by atoms with Gasteiger partial charge < -0.3 is 10.3 Å². The van der Waals surface area contributed by atoms with Crippen molar-refractivity contribution in [2.75, 3.05) is 6.54 Å². The minimum absolute atomic E-state index is 0.0313. The lowest BCUT2D eigenvalue weighted by atomic mass is 10.0. The zero-order valence-corrected chi connectivity index (χ0v) is 13.5. The molecule has 0 fully saturated rings. The number of fused-ring (bicyclic) bond motifs is 3. The highest BCUT2D eigenvalue weighted by Crippen LogP contribution is 2.29. The molecule has 5 nitrogen and oxygen atoms in total. The van der Waals surface area contributed by atoms with Crippen LogP contribution in [0.25, 0.3) is 21.8 Å². The van der Waals surface area contributed by atoms with E-state index in [-0.39, 0.29) is 5.56 Å². The van der Waals surface area contributed by atoms with Crippen molar-refractivity contribution in [1.29, 1.82) is 0 Å². The fourth-order valence-electron chi connectivity index (χ4n) is 3.04. The van der Waals surface area contributed by atoms with Gasteiger partial charge in [-0.2, -0.15) is 5.10 Å². The molecule has 116 valence electrons. The van der Waals surface area contributed by atoms with Crippen molar-refractivity contribution in [3.8, 4) is 0 Å². The first-order valence-electron chi connectivity index (χ1n) is 7.40. The van der Waals surface area contributed by atoms with Gasteiger partial charge in [-0.15, -0.1) is 0 Å². The molecule has 1 aromatic carbocycles. The van der Waals surface area contributed by atoms with E-state index in [0.717, 1.165) is 41.4 Å². The molecule has 0 spiro atoms. The molecule has 2 heterocycles. The summed E-state index contributed by atoms with van der Waals surface area (Å²) in [6.45, 7) is 2.52. The van der Waals surface area contributed by atoms with Gasteiger partial charge in [0, 0.05) is 23.2 Å². The smallest absolute Gasteiger partial charge is 0.262 e. The van der Waals surface area contributed by atoms with Crippen LogP contribution in [0.1, 0.15) is 24.1 Å². The third-order valence-electron chi connectivity index (χ3n) is 4.11. The fourth-order valence-corrected chi connectivity index (χ4v) is 3.28. The lowest BCUT2D eigenvalue weighted by Gasteiger charge is -2.12. The van der Waals surface area contributed by atoms with Gasteiger partial charge in [0.1, 0.15) is 5.52 Å². The van der Waals surface area contributed by atoms with Gasteiger partial charge in [0.15, 0.2) is 0 Å². The second-order valence-corrected chi connectivity index (χ2v) is 6.08. The first-order valence-corrected chi connectivity index (χ1v) is 7.78. The van der Waals surface area contributed by atoms with E-state index >= 15 is 0 Å². The van der Waals surface area contributed by atoms with E-state index in [2.05, 4.69) is 10.2 Å². The van der Waals surface area contributed by atoms with Crippen LogP contribution in [0.15, 0.2) is 16.9 Å². The summed E-state index contributed by atoms with van der Waals surface area (Å²) >= 11 is 6.29. The Morgan fingerprint density at radius 1 is 1.36 bits per heavy atom. The number of nitrogens with one attached hydrogen (secondary N) is 1. The van der Waals surface area contributed by atoms with E-state index in [1.807, 2.05) is 19.1 Å². The van der Waals surface area contributed by atoms with Gasteiger partial charge in [-0.1, -0.05) is 11.6 Å². The van der Waals surface area contributed by atoms with E-state index in [0.29, 0.717) is 22.5 Å². The predicted molar refractivity (Wildman–Crippen MR) is 90.6 cm³/mol. The summed E-state index contributed by atoms with van der Waals surface area (Å²) in [5.74, 6) is 0. The van der Waals surface area contributed by atoms with Crippen LogP contribution in [0.2, 0.25) is 5.02 Å². The molecule has 0 radical (unpaired) electrons. The van der Waals surface area contributed by atoms with Crippen LogP contribution in [0.5, 0.6) is 0 Å². The lowest BCUT2D eigenvalue weighted by molar-refractivity contribution is 0.744. The summed E-state index contributed by atoms with van der Waals surface area (Å²) in [7, 11) is 1.80. The number of aryl methyl sites for hydroxylation is 3. The Bertz CT molecular complexity index is 910. The minimum Gasteiger partial charge on any atom is -0.330 e. The Kier molecular flexibility index (Phi) is 3.93. The number of nitrogens with two attached hydrogens (primary N) is 1. The Hall–Kier alpha value is -1.85. The summed E-state index contributed by atoms with van der Waals surface area (Å²) in [4.78, 5) is 12.6. The van der Waals surface area contributed by atoms with E-state index in [4.69, 9.17) is 17.3 Å². The predicted octanol–water partition coefficient (Wildman–Crippen LogP) is 2.66. The fraction of sp³-hybridized carbons (Fsp3) is 0.375. The van der Waals surface area contributed by atoms with Crippen LogP contribution < -0.4 is 11.3 Å². The molecule has 0 saturated carbocycles. The van der Waals surface area contributed by atoms with Crippen LogP contribution in [0.4, 0.5) is 0 Å². The number of pyridine rings is 1. The van der Waals surface area contributed by atoms with Crippen LogP contribution in [0.3, 0.4) is 0 Å². The highest BCUT2D eigenvalue weighted by Gasteiger charge is 2.16. The maximum absolute atomic E-state index is 12.6. The molecule has 0 saturated heterocycles. The van der Waals surface area contributed by atoms with Gasteiger partial charge in [-0.25, -0.2) is 0 Å². The summed E-state index contributed by atoms with van der Waals surface area (Å²) in [6.07, 6.45) is 2.76. The Balaban J connectivity index is 2.36. The topological polar surface area (TPSA) is 76.7 Å². The SMILES string of the molecule is Cc1[nH]nc2c1c(=O)n(C)c1c(CCCCN)cc(Cl)cc21. The van der Waals surface area contributed by atoms with Crippen molar-refractivity contribution in [2.24, 2.45) is 12.8 Å². The molecule has 22 heavy (non-hydrogen) atoms. The minimum atomic E-state index is -0.0313. The molecule has 0 aliphatic heterocycles. The lowest BCUT2D eigenvalue weighted by Crippen LogP contribution is -2.18. The van der Waals surface area contributed by atoms with Crippen LogP contribution in [0, 0.1) is 6.92 Å². The summed E-state index contributed by atoms with van der Waals surface area (Å²) < 4.78 is 1.70.